The molecule has 2 rings (SSSR count). The van der Waals surface area contributed by atoms with Crippen LogP contribution in [0.15, 0.2) is 24.3 Å². The summed E-state index contributed by atoms with van der Waals surface area (Å²) < 4.78 is 5.78. The SMILES string of the molecule is CC1(C)C=Cc2cc(CC(N)=O)ccc2O1. The Labute approximate surface area is 94.9 Å². The Bertz CT molecular complexity index is 461. The van der Waals surface area contributed by atoms with Gasteiger partial charge >= 0.3 is 0 Å². The van der Waals surface area contributed by atoms with E-state index in [-0.39, 0.29) is 17.9 Å². The molecular weight excluding hydrogens is 202 g/mol. The van der Waals surface area contributed by atoms with Crippen LogP contribution in [0.25, 0.3) is 6.08 Å². The van der Waals surface area contributed by atoms with E-state index >= 15 is 0 Å². The fraction of sp³-hybridized carbons (Fsp3) is 0.308. The molecule has 0 aliphatic carbocycles. The summed E-state index contributed by atoms with van der Waals surface area (Å²) >= 11 is 0. The summed E-state index contributed by atoms with van der Waals surface area (Å²) in [7, 11) is 0. The summed E-state index contributed by atoms with van der Waals surface area (Å²) in [4.78, 5) is 10.8. The van der Waals surface area contributed by atoms with Crippen molar-refractivity contribution in [1.29, 1.82) is 0 Å². The third kappa shape index (κ3) is 2.24. The van der Waals surface area contributed by atoms with E-state index in [1.807, 2.05) is 44.2 Å². The fourth-order valence-corrected chi connectivity index (χ4v) is 1.74. The van der Waals surface area contributed by atoms with E-state index in [9.17, 15) is 4.79 Å². The molecule has 0 saturated carbocycles. The number of benzene rings is 1. The summed E-state index contributed by atoms with van der Waals surface area (Å²) in [5.41, 5.74) is 6.80. The van der Waals surface area contributed by atoms with E-state index in [0.29, 0.717) is 0 Å². The molecule has 3 nitrogen and oxygen atoms in total. The van der Waals surface area contributed by atoms with Gasteiger partial charge in [0.1, 0.15) is 11.4 Å². The monoisotopic (exact) mass is 217 g/mol. The molecule has 16 heavy (non-hydrogen) atoms. The maximum atomic E-state index is 10.8. The molecule has 0 unspecified atom stereocenters. The molecular formula is C13H15NO2. The van der Waals surface area contributed by atoms with E-state index in [1.165, 1.54) is 0 Å². The molecule has 1 aliphatic rings. The molecule has 0 spiro atoms. The lowest BCUT2D eigenvalue weighted by Crippen LogP contribution is -2.27. The Kier molecular flexibility index (Phi) is 2.46. The van der Waals surface area contributed by atoms with Gasteiger partial charge in [0, 0.05) is 5.56 Å². The third-order valence-electron chi connectivity index (χ3n) is 2.49. The Balaban J connectivity index is 2.31. The van der Waals surface area contributed by atoms with Gasteiger partial charge in [-0.2, -0.15) is 0 Å². The Morgan fingerprint density at radius 1 is 1.44 bits per heavy atom. The zero-order chi connectivity index (χ0) is 11.8. The molecule has 0 saturated heterocycles. The van der Waals surface area contributed by atoms with Gasteiger partial charge in [-0.05, 0) is 37.6 Å². The van der Waals surface area contributed by atoms with Gasteiger partial charge in [-0.1, -0.05) is 12.1 Å². The molecule has 0 bridgehead atoms. The van der Waals surface area contributed by atoms with E-state index in [0.717, 1.165) is 16.9 Å². The van der Waals surface area contributed by atoms with Crippen LogP contribution in [0.3, 0.4) is 0 Å². The average Bonchev–Trinajstić information content (AvgIpc) is 2.16. The molecule has 84 valence electrons. The van der Waals surface area contributed by atoms with Crippen molar-refractivity contribution in [1.82, 2.24) is 0 Å². The van der Waals surface area contributed by atoms with Crippen molar-refractivity contribution in [3.8, 4) is 5.75 Å². The Morgan fingerprint density at radius 3 is 2.88 bits per heavy atom. The van der Waals surface area contributed by atoms with Crippen LogP contribution in [0, 0.1) is 0 Å². The lowest BCUT2D eigenvalue weighted by Gasteiger charge is -2.28. The first-order valence-corrected chi connectivity index (χ1v) is 5.26. The Hall–Kier alpha value is -1.77. The average molecular weight is 217 g/mol. The van der Waals surface area contributed by atoms with Crippen molar-refractivity contribution in [2.75, 3.05) is 0 Å². The minimum absolute atomic E-state index is 0.266. The number of carbonyl (C=O) groups excluding carboxylic acids is 1. The largest absolute Gasteiger partial charge is 0.483 e. The predicted octanol–water partition coefficient (Wildman–Crippen LogP) is 1.90. The number of hydrogen-bond acceptors (Lipinski definition) is 2. The number of hydrogen-bond donors (Lipinski definition) is 1. The number of ether oxygens (including phenoxy) is 1. The van der Waals surface area contributed by atoms with Crippen molar-refractivity contribution < 1.29 is 9.53 Å². The van der Waals surface area contributed by atoms with Gasteiger partial charge in [0.15, 0.2) is 0 Å². The minimum atomic E-state index is -0.319. The summed E-state index contributed by atoms with van der Waals surface area (Å²) in [6.45, 7) is 4.01. The van der Waals surface area contributed by atoms with Gasteiger partial charge in [0.2, 0.25) is 5.91 Å². The lowest BCUT2D eigenvalue weighted by molar-refractivity contribution is -0.117. The number of primary amides is 1. The second kappa shape index (κ2) is 3.67. The molecule has 1 aromatic carbocycles. The van der Waals surface area contributed by atoms with Crippen molar-refractivity contribution in [3.05, 3.63) is 35.4 Å². The van der Waals surface area contributed by atoms with Crippen LogP contribution in [0.2, 0.25) is 0 Å². The number of amides is 1. The summed E-state index contributed by atoms with van der Waals surface area (Å²) in [6.07, 6.45) is 4.29. The van der Waals surface area contributed by atoms with Crippen molar-refractivity contribution in [2.45, 2.75) is 25.9 Å². The first-order chi connectivity index (χ1) is 7.46. The van der Waals surface area contributed by atoms with Crippen molar-refractivity contribution in [3.63, 3.8) is 0 Å². The number of rotatable bonds is 2. The van der Waals surface area contributed by atoms with E-state index in [2.05, 4.69) is 0 Å². The first kappa shape index (κ1) is 10.7. The molecule has 0 aromatic heterocycles. The smallest absolute Gasteiger partial charge is 0.221 e. The molecule has 0 atom stereocenters. The third-order valence-corrected chi connectivity index (χ3v) is 2.49. The van der Waals surface area contributed by atoms with Crippen LogP contribution in [0.5, 0.6) is 5.75 Å². The number of carbonyl (C=O) groups is 1. The molecule has 1 aliphatic heterocycles. The molecule has 1 heterocycles. The predicted molar refractivity (Wildman–Crippen MR) is 63.1 cm³/mol. The Morgan fingerprint density at radius 2 is 2.19 bits per heavy atom. The molecule has 3 heteroatoms. The van der Waals surface area contributed by atoms with Crippen LogP contribution in [0.1, 0.15) is 25.0 Å². The molecule has 1 aromatic rings. The van der Waals surface area contributed by atoms with Gasteiger partial charge in [-0.25, -0.2) is 0 Å². The van der Waals surface area contributed by atoms with Crippen LogP contribution < -0.4 is 10.5 Å². The van der Waals surface area contributed by atoms with E-state index in [4.69, 9.17) is 10.5 Å². The van der Waals surface area contributed by atoms with Gasteiger partial charge in [-0.3, -0.25) is 4.79 Å². The summed E-state index contributed by atoms with van der Waals surface area (Å²) in [5.74, 6) is 0.529. The molecule has 2 N–H and O–H groups in total. The standard InChI is InChI=1S/C13H15NO2/c1-13(2)6-5-10-7-9(8-12(14)15)3-4-11(10)16-13/h3-7H,8H2,1-2H3,(H2,14,15). The van der Waals surface area contributed by atoms with Crippen molar-refractivity contribution in [2.24, 2.45) is 5.73 Å². The summed E-state index contributed by atoms with van der Waals surface area (Å²) in [5, 5.41) is 0. The lowest BCUT2D eigenvalue weighted by atomic mass is 10.00. The quantitative estimate of drug-likeness (QED) is 0.822. The van der Waals surface area contributed by atoms with Gasteiger partial charge in [-0.15, -0.1) is 0 Å². The van der Waals surface area contributed by atoms with Crippen LogP contribution >= 0.6 is 0 Å². The second-order valence-electron chi connectivity index (χ2n) is 4.55. The van der Waals surface area contributed by atoms with E-state index < -0.39 is 0 Å². The van der Waals surface area contributed by atoms with Crippen LogP contribution in [0.4, 0.5) is 0 Å². The maximum absolute atomic E-state index is 10.8. The normalized spacial score (nSPS) is 16.4. The fourth-order valence-electron chi connectivity index (χ4n) is 1.74. The minimum Gasteiger partial charge on any atom is -0.483 e. The highest BCUT2D eigenvalue weighted by molar-refractivity contribution is 5.77. The first-order valence-electron chi connectivity index (χ1n) is 5.26. The van der Waals surface area contributed by atoms with Gasteiger partial charge in [0.05, 0.1) is 6.42 Å². The van der Waals surface area contributed by atoms with Gasteiger partial charge in [0.25, 0.3) is 0 Å². The van der Waals surface area contributed by atoms with Crippen molar-refractivity contribution >= 4 is 12.0 Å². The summed E-state index contributed by atoms with van der Waals surface area (Å²) in [6, 6.07) is 5.70. The highest BCUT2D eigenvalue weighted by Gasteiger charge is 2.21. The van der Waals surface area contributed by atoms with E-state index in [1.54, 1.807) is 0 Å². The van der Waals surface area contributed by atoms with Crippen LogP contribution in [-0.4, -0.2) is 11.5 Å². The highest BCUT2D eigenvalue weighted by atomic mass is 16.5. The molecule has 0 radical (unpaired) electrons. The topological polar surface area (TPSA) is 52.3 Å². The maximum Gasteiger partial charge on any atom is 0.221 e. The van der Waals surface area contributed by atoms with Gasteiger partial charge < -0.3 is 10.5 Å². The second-order valence-corrected chi connectivity index (χ2v) is 4.55. The zero-order valence-corrected chi connectivity index (χ0v) is 9.49. The number of nitrogens with two attached hydrogens (primary N) is 1. The highest BCUT2D eigenvalue weighted by Crippen LogP contribution is 2.31. The molecule has 0 fully saturated rings. The molecule has 1 amide bonds. The number of fused-ring (bicyclic) bond motifs is 1. The zero-order valence-electron chi connectivity index (χ0n) is 9.49. The van der Waals surface area contributed by atoms with Crippen LogP contribution in [-0.2, 0) is 11.2 Å².